The van der Waals surface area contributed by atoms with Crippen LogP contribution in [0.2, 0.25) is 0 Å². The number of likely N-dealkylation sites (tertiary alicyclic amines) is 1. The molecule has 0 saturated carbocycles. The van der Waals surface area contributed by atoms with Crippen molar-refractivity contribution in [1.29, 1.82) is 0 Å². The maximum Gasteiger partial charge on any atom is 0.0473 e. The van der Waals surface area contributed by atoms with E-state index in [1.165, 1.54) is 30.5 Å². The summed E-state index contributed by atoms with van der Waals surface area (Å²) in [6.07, 6.45) is 3.74. The van der Waals surface area contributed by atoms with Gasteiger partial charge in [0.25, 0.3) is 0 Å². The van der Waals surface area contributed by atoms with Crippen molar-refractivity contribution >= 4 is 0 Å². The fraction of sp³-hybridized carbons (Fsp3) is 0.667. The van der Waals surface area contributed by atoms with Crippen LogP contribution in [0.3, 0.4) is 0 Å². The zero-order valence-electron chi connectivity index (χ0n) is 13.7. The number of nitrogens with one attached hydrogen (secondary N) is 1. The van der Waals surface area contributed by atoms with Gasteiger partial charge in [-0.3, -0.25) is 4.90 Å². The summed E-state index contributed by atoms with van der Waals surface area (Å²) in [4.78, 5) is 2.67. The summed E-state index contributed by atoms with van der Waals surface area (Å²) in [5.41, 5.74) is 3.15. The van der Waals surface area contributed by atoms with E-state index in [-0.39, 0.29) is 0 Å². The van der Waals surface area contributed by atoms with Gasteiger partial charge in [-0.2, -0.15) is 0 Å². The molecule has 0 aliphatic carbocycles. The van der Waals surface area contributed by atoms with Crippen LogP contribution >= 0.6 is 0 Å². The Bertz CT molecular complexity index is 422. The maximum absolute atomic E-state index is 3.53. The van der Waals surface area contributed by atoms with Crippen molar-refractivity contribution in [2.24, 2.45) is 0 Å². The first kappa shape index (κ1) is 15.5. The molecule has 1 saturated heterocycles. The number of rotatable bonds is 5. The lowest BCUT2D eigenvalue weighted by molar-refractivity contribution is 0.101. The normalized spacial score (nSPS) is 21.9. The van der Waals surface area contributed by atoms with Gasteiger partial charge in [0, 0.05) is 17.6 Å². The predicted octanol–water partition coefficient (Wildman–Crippen LogP) is 3.77. The third kappa shape index (κ3) is 3.07. The Balaban J connectivity index is 2.18. The lowest BCUT2D eigenvalue weighted by atomic mass is 9.94. The molecule has 112 valence electrons. The molecule has 0 amide bonds. The highest BCUT2D eigenvalue weighted by atomic mass is 15.3. The standard InChI is InChI=1S/C18H30N2/c1-6-15-8-10-16(11-9-15)17(19-5)14(2)20-13-7-12-18(20,3)4/h8-11,14,17,19H,6-7,12-13H2,1-5H3. The molecular weight excluding hydrogens is 244 g/mol. The number of hydrogen-bond acceptors (Lipinski definition) is 2. The molecule has 1 aromatic rings. The van der Waals surface area contributed by atoms with Gasteiger partial charge in [0.1, 0.15) is 0 Å². The van der Waals surface area contributed by atoms with E-state index >= 15 is 0 Å². The quantitative estimate of drug-likeness (QED) is 0.879. The van der Waals surface area contributed by atoms with Gasteiger partial charge >= 0.3 is 0 Å². The van der Waals surface area contributed by atoms with Crippen LogP contribution in [0.25, 0.3) is 0 Å². The SMILES string of the molecule is CCc1ccc(C(NC)C(C)N2CCCC2(C)C)cc1. The minimum absolute atomic E-state index is 0.331. The summed E-state index contributed by atoms with van der Waals surface area (Å²) in [6.45, 7) is 10.5. The number of aryl methyl sites for hydroxylation is 1. The Morgan fingerprint density at radius 3 is 2.35 bits per heavy atom. The molecular formula is C18H30N2. The van der Waals surface area contributed by atoms with Crippen LogP contribution in [0.5, 0.6) is 0 Å². The molecule has 2 atom stereocenters. The van der Waals surface area contributed by atoms with Crippen molar-refractivity contribution in [3.8, 4) is 0 Å². The van der Waals surface area contributed by atoms with E-state index in [0.717, 1.165) is 6.42 Å². The van der Waals surface area contributed by atoms with Gasteiger partial charge < -0.3 is 5.32 Å². The van der Waals surface area contributed by atoms with Crippen molar-refractivity contribution < 1.29 is 0 Å². The van der Waals surface area contributed by atoms with Gasteiger partial charge in [0.05, 0.1) is 0 Å². The molecule has 2 unspecified atom stereocenters. The smallest absolute Gasteiger partial charge is 0.0473 e. The van der Waals surface area contributed by atoms with Crippen LogP contribution in [-0.4, -0.2) is 30.1 Å². The van der Waals surface area contributed by atoms with Gasteiger partial charge in [0.15, 0.2) is 0 Å². The van der Waals surface area contributed by atoms with Crippen molar-refractivity contribution in [2.45, 2.75) is 64.6 Å². The van der Waals surface area contributed by atoms with Crippen LogP contribution in [0.1, 0.15) is 57.7 Å². The zero-order valence-corrected chi connectivity index (χ0v) is 13.7. The molecule has 1 aliphatic heterocycles. The van der Waals surface area contributed by atoms with Crippen molar-refractivity contribution in [1.82, 2.24) is 10.2 Å². The summed E-state index contributed by atoms with van der Waals surface area (Å²) >= 11 is 0. The van der Waals surface area contributed by atoms with E-state index in [4.69, 9.17) is 0 Å². The van der Waals surface area contributed by atoms with E-state index in [9.17, 15) is 0 Å². The number of nitrogens with zero attached hydrogens (tertiary/aromatic N) is 1. The van der Waals surface area contributed by atoms with E-state index in [1.807, 2.05) is 0 Å². The molecule has 2 rings (SSSR count). The van der Waals surface area contributed by atoms with Gasteiger partial charge in [0.2, 0.25) is 0 Å². The van der Waals surface area contributed by atoms with Gasteiger partial charge in [-0.15, -0.1) is 0 Å². The molecule has 0 radical (unpaired) electrons. The molecule has 0 spiro atoms. The summed E-state index contributed by atoms with van der Waals surface area (Å²) in [5, 5.41) is 3.53. The summed E-state index contributed by atoms with van der Waals surface area (Å²) in [5.74, 6) is 0. The van der Waals surface area contributed by atoms with E-state index in [2.05, 4.69) is 69.2 Å². The first-order valence-corrected chi connectivity index (χ1v) is 8.02. The van der Waals surface area contributed by atoms with Gasteiger partial charge in [-0.25, -0.2) is 0 Å². The molecule has 20 heavy (non-hydrogen) atoms. The monoisotopic (exact) mass is 274 g/mol. The van der Waals surface area contributed by atoms with Gasteiger partial charge in [-0.1, -0.05) is 31.2 Å². The average molecular weight is 274 g/mol. The molecule has 2 heteroatoms. The Morgan fingerprint density at radius 1 is 1.25 bits per heavy atom. The highest BCUT2D eigenvalue weighted by molar-refractivity contribution is 5.26. The number of hydrogen-bond donors (Lipinski definition) is 1. The summed E-state index contributed by atoms with van der Waals surface area (Å²) in [6, 6.07) is 10.0. The minimum Gasteiger partial charge on any atom is -0.312 e. The number of benzene rings is 1. The summed E-state index contributed by atoms with van der Waals surface area (Å²) < 4.78 is 0. The Morgan fingerprint density at radius 2 is 1.90 bits per heavy atom. The molecule has 1 aromatic carbocycles. The second kappa shape index (κ2) is 6.28. The van der Waals surface area contributed by atoms with Crippen molar-refractivity contribution in [3.63, 3.8) is 0 Å². The van der Waals surface area contributed by atoms with E-state index in [1.54, 1.807) is 0 Å². The lowest BCUT2D eigenvalue weighted by Crippen LogP contribution is -2.49. The molecule has 0 bridgehead atoms. The highest BCUT2D eigenvalue weighted by Crippen LogP contribution is 2.34. The fourth-order valence-electron chi connectivity index (χ4n) is 3.71. The minimum atomic E-state index is 0.331. The van der Waals surface area contributed by atoms with Crippen LogP contribution in [-0.2, 0) is 6.42 Å². The molecule has 1 fully saturated rings. The zero-order chi connectivity index (χ0) is 14.8. The third-order valence-electron chi connectivity index (χ3n) is 5.00. The van der Waals surface area contributed by atoms with Crippen molar-refractivity contribution in [2.75, 3.05) is 13.6 Å². The molecule has 2 nitrogen and oxygen atoms in total. The largest absolute Gasteiger partial charge is 0.312 e. The molecule has 0 aromatic heterocycles. The third-order valence-corrected chi connectivity index (χ3v) is 5.00. The van der Waals surface area contributed by atoms with Crippen LogP contribution < -0.4 is 5.32 Å². The predicted molar refractivity (Wildman–Crippen MR) is 87.1 cm³/mol. The highest BCUT2D eigenvalue weighted by Gasteiger charge is 2.37. The Kier molecular flexibility index (Phi) is 4.87. The average Bonchev–Trinajstić information content (AvgIpc) is 2.79. The molecule has 1 heterocycles. The molecule has 1 aliphatic rings. The second-order valence-electron chi connectivity index (χ2n) is 6.71. The first-order chi connectivity index (χ1) is 9.49. The maximum atomic E-state index is 3.53. The van der Waals surface area contributed by atoms with Crippen LogP contribution in [0.15, 0.2) is 24.3 Å². The molecule has 1 N–H and O–H groups in total. The lowest BCUT2D eigenvalue weighted by Gasteiger charge is -2.40. The fourth-order valence-corrected chi connectivity index (χ4v) is 3.71. The number of likely N-dealkylation sites (N-methyl/N-ethyl adjacent to an activating group) is 1. The van der Waals surface area contributed by atoms with Crippen molar-refractivity contribution in [3.05, 3.63) is 35.4 Å². The van der Waals surface area contributed by atoms with Crippen LogP contribution in [0.4, 0.5) is 0 Å². The summed E-state index contributed by atoms with van der Waals surface area (Å²) in [7, 11) is 2.08. The first-order valence-electron chi connectivity index (χ1n) is 8.02. The Hall–Kier alpha value is -0.860. The van der Waals surface area contributed by atoms with Crippen LogP contribution in [0, 0.1) is 0 Å². The van der Waals surface area contributed by atoms with Gasteiger partial charge in [-0.05, 0) is 64.8 Å². The Labute approximate surface area is 124 Å². The van der Waals surface area contributed by atoms with E-state index in [0.29, 0.717) is 17.6 Å². The second-order valence-corrected chi connectivity index (χ2v) is 6.71. The topological polar surface area (TPSA) is 15.3 Å². The van der Waals surface area contributed by atoms with E-state index < -0.39 is 0 Å².